The Morgan fingerprint density at radius 1 is 1.06 bits per heavy atom. The Kier molecular flexibility index (Phi) is 5.21. The lowest BCUT2D eigenvalue weighted by atomic mass is 9.92. The molecule has 1 saturated heterocycles. The van der Waals surface area contributed by atoms with Gasteiger partial charge in [0.15, 0.2) is 5.65 Å². The van der Waals surface area contributed by atoms with Gasteiger partial charge in [-0.05, 0) is 79.0 Å². The third kappa shape index (κ3) is 4.01. The molecule has 4 heterocycles. The molecule has 2 bridgehead atoms. The zero-order chi connectivity index (χ0) is 24.3. The summed E-state index contributed by atoms with van der Waals surface area (Å²) in [6, 6.07) is 8.17. The number of aromatic nitrogens is 4. The lowest BCUT2D eigenvalue weighted by molar-refractivity contribution is -0.137. The molecule has 1 aliphatic heterocycles. The molecular formula is C24H22F4N6S. The Bertz CT molecular complexity index is 1380. The Morgan fingerprint density at radius 3 is 2.51 bits per heavy atom. The van der Waals surface area contributed by atoms with Crippen molar-refractivity contribution in [1.82, 2.24) is 19.0 Å². The quantitative estimate of drug-likeness (QED) is 0.366. The van der Waals surface area contributed by atoms with Gasteiger partial charge in [-0.15, -0.1) is 5.10 Å². The van der Waals surface area contributed by atoms with E-state index in [1.165, 1.54) is 21.0 Å². The second kappa shape index (κ2) is 8.18. The minimum Gasteiger partial charge on any atom is -0.361 e. The predicted molar refractivity (Wildman–Crippen MR) is 126 cm³/mol. The van der Waals surface area contributed by atoms with Gasteiger partial charge < -0.3 is 10.2 Å². The predicted octanol–water partition coefficient (Wildman–Crippen LogP) is 5.65. The minimum absolute atomic E-state index is 0.128. The van der Waals surface area contributed by atoms with E-state index in [1.807, 2.05) is 6.92 Å². The molecule has 3 atom stereocenters. The summed E-state index contributed by atoms with van der Waals surface area (Å²) in [5, 5.41) is 9.16. The van der Waals surface area contributed by atoms with Gasteiger partial charge in [-0.2, -0.15) is 22.5 Å². The number of hydrogen-bond donors (Lipinski definition) is 1. The molecule has 3 aromatic heterocycles. The van der Waals surface area contributed by atoms with Crippen LogP contribution in [0.25, 0.3) is 16.8 Å². The minimum atomic E-state index is -4.70. The van der Waals surface area contributed by atoms with Crippen LogP contribution in [0.1, 0.15) is 24.1 Å². The van der Waals surface area contributed by atoms with Gasteiger partial charge >= 0.3 is 6.18 Å². The molecule has 1 saturated carbocycles. The van der Waals surface area contributed by atoms with Crippen LogP contribution in [-0.4, -0.2) is 38.1 Å². The molecule has 2 aliphatic rings. The molecule has 0 spiro atoms. The third-order valence-corrected chi connectivity index (χ3v) is 7.94. The molecule has 0 radical (unpaired) electrons. The van der Waals surface area contributed by atoms with Gasteiger partial charge in [-0.3, -0.25) is 0 Å². The van der Waals surface area contributed by atoms with Gasteiger partial charge in [0.1, 0.15) is 10.8 Å². The van der Waals surface area contributed by atoms with E-state index >= 15 is 0 Å². The van der Waals surface area contributed by atoms with Crippen molar-refractivity contribution in [2.75, 3.05) is 23.3 Å². The molecule has 1 N–H and O–H groups in total. The van der Waals surface area contributed by atoms with Crippen molar-refractivity contribution in [3.05, 3.63) is 59.7 Å². The van der Waals surface area contributed by atoms with Crippen molar-refractivity contribution >= 4 is 28.1 Å². The molecular weight excluding hydrogens is 480 g/mol. The highest BCUT2D eigenvalue weighted by molar-refractivity contribution is 7.10. The first-order valence-electron chi connectivity index (χ1n) is 11.4. The first-order valence-corrected chi connectivity index (χ1v) is 12.2. The Hall–Kier alpha value is -3.21. The smallest absolute Gasteiger partial charge is 0.361 e. The molecule has 182 valence electrons. The van der Waals surface area contributed by atoms with E-state index in [-0.39, 0.29) is 22.8 Å². The van der Waals surface area contributed by atoms with E-state index in [1.54, 1.807) is 18.3 Å². The topological polar surface area (TPSA) is 58.4 Å². The number of fused-ring (bicyclic) bond motifs is 3. The summed E-state index contributed by atoms with van der Waals surface area (Å²) in [7, 11) is 0. The maximum Gasteiger partial charge on any atom is 0.417 e. The van der Waals surface area contributed by atoms with Gasteiger partial charge in [0, 0.05) is 30.9 Å². The van der Waals surface area contributed by atoms with Crippen LogP contribution < -0.4 is 10.2 Å². The lowest BCUT2D eigenvalue weighted by Gasteiger charge is -2.38. The molecule has 4 aromatic rings. The van der Waals surface area contributed by atoms with Crippen LogP contribution in [0.2, 0.25) is 0 Å². The Morgan fingerprint density at radius 2 is 1.83 bits per heavy atom. The standard InChI is InChI=1S/C24H22F4N6S/c1-13-9-20(35-32-13)33-11-14-4-5-15(12-33)21(14)29-23-30-22-18(3-2-8-34(22)31-23)17-7-6-16(25)10-19(17)24(26,27)28/h2-3,6-10,14-15,21H,4-5,11-12H2,1H3,(H,29,31)/t14-,15+,21-. The maximum atomic E-state index is 13.6. The van der Waals surface area contributed by atoms with Gasteiger partial charge in [-0.25, -0.2) is 8.91 Å². The number of benzene rings is 1. The zero-order valence-electron chi connectivity index (χ0n) is 18.8. The largest absolute Gasteiger partial charge is 0.417 e. The summed E-state index contributed by atoms with van der Waals surface area (Å²) in [4.78, 5) is 6.96. The number of aryl methyl sites for hydroxylation is 1. The van der Waals surface area contributed by atoms with E-state index in [4.69, 9.17) is 0 Å². The summed E-state index contributed by atoms with van der Waals surface area (Å²) in [6.07, 6.45) is -0.855. The van der Waals surface area contributed by atoms with Gasteiger partial charge in [0.2, 0.25) is 5.95 Å². The number of nitrogens with one attached hydrogen (secondary N) is 1. The van der Waals surface area contributed by atoms with E-state index in [0.29, 0.717) is 23.9 Å². The van der Waals surface area contributed by atoms with Crippen LogP contribution in [-0.2, 0) is 6.18 Å². The number of pyridine rings is 1. The van der Waals surface area contributed by atoms with E-state index < -0.39 is 17.6 Å². The van der Waals surface area contributed by atoms with Crippen molar-refractivity contribution in [2.24, 2.45) is 11.8 Å². The first-order chi connectivity index (χ1) is 16.8. The average molecular weight is 503 g/mol. The van der Waals surface area contributed by atoms with Crippen molar-refractivity contribution in [3.8, 4) is 11.1 Å². The summed E-state index contributed by atoms with van der Waals surface area (Å²) in [6.45, 7) is 3.83. The number of rotatable bonds is 4. The molecule has 2 fully saturated rings. The fraction of sp³-hybridized carbons (Fsp3) is 0.375. The van der Waals surface area contributed by atoms with Crippen LogP contribution in [0.3, 0.4) is 0 Å². The zero-order valence-corrected chi connectivity index (χ0v) is 19.6. The van der Waals surface area contributed by atoms with Crippen molar-refractivity contribution in [1.29, 1.82) is 0 Å². The number of halogens is 4. The highest BCUT2D eigenvalue weighted by Crippen LogP contribution is 2.42. The Labute approximate surface area is 202 Å². The van der Waals surface area contributed by atoms with E-state index in [0.717, 1.165) is 43.8 Å². The summed E-state index contributed by atoms with van der Waals surface area (Å²) < 4.78 is 60.5. The van der Waals surface area contributed by atoms with Crippen LogP contribution in [0.4, 0.5) is 28.5 Å². The fourth-order valence-electron chi connectivity index (χ4n) is 5.45. The maximum absolute atomic E-state index is 13.6. The van der Waals surface area contributed by atoms with Crippen molar-refractivity contribution in [2.45, 2.75) is 32.0 Å². The van der Waals surface area contributed by atoms with Crippen LogP contribution in [0.5, 0.6) is 0 Å². The van der Waals surface area contributed by atoms with Gasteiger partial charge in [0.25, 0.3) is 0 Å². The molecule has 1 aromatic carbocycles. The SMILES string of the molecule is Cc1cc(N2C[C@H]3CC[C@@H](C2)[C@@H]3Nc2nc3c(-c4ccc(F)cc4C(F)(F)F)cccn3n2)sn1. The number of nitrogens with zero attached hydrogens (tertiary/aromatic N) is 5. The number of alkyl halides is 3. The van der Waals surface area contributed by atoms with Gasteiger partial charge in [0.05, 0.1) is 11.3 Å². The molecule has 11 heteroatoms. The second-order valence-corrected chi connectivity index (χ2v) is 10.1. The van der Waals surface area contributed by atoms with Crippen molar-refractivity contribution < 1.29 is 17.6 Å². The lowest BCUT2D eigenvalue weighted by Crippen LogP contribution is -2.48. The summed E-state index contributed by atoms with van der Waals surface area (Å²) >= 11 is 1.52. The van der Waals surface area contributed by atoms with Crippen LogP contribution in [0.15, 0.2) is 42.6 Å². The van der Waals surface area contributed by atoms with Crippen LogP contribution in [0, 0.1) is 24.6 Å². The van der Waals surface area contributed by atoms with E-state index in [9.17, 15) is 17.6 Å². The highest BCUT2D eigenvalue weighted by Gasteiger charge is 2.43. The molecule has 1 aliphatic carbocycles. The molecule has 0 unspecified atom stereocenters. The molecule has 35 heavy (non-hydrogen) atoms. The average Bonchev–Trinajstić information content (AvgIpc) is 3.48. The second-order valence-electron chi connectivity index (χ2n) is 9.29. The monoisotopic (exact) mass is 502 g/mol. The van der Waals surface area contributed by atoms with Gasteiger partial charge in [-0.1, -0.05) is 6.07 Å². The van der Waals surface area contributed by atoms with Crippen molar-refractivity contribution in [3.63, 3.8) is 0 Å². The normalized spacial score (nSPS) is 22.2. The third-order valence-electron chi connectivity index (χ3n) is 7.00. The van der Waals surface area contributed by atoms with E-state index in [2.05, 4.69) is 30.7 Å². The summed E-state index contributed by atoms with van der Waals surface area (Å²) in [5.41, 5.74) is 0.399. The molecule has 6 rings (SSSR count). The Balaban J connectivity index is 1.29. The summed E-state index contributed by atoms with van der Waals surface area (Å²) in [5.74, 6) is 0.275. The molecule has 0 amide bonds. The first kappa shape index (κ1) is 22.3. The number of piperidine rings is 1. The molecule has 6 nitrogen and oxygen atoms in total. The fourth-order valence-corrected chi connectivity index (χ4v) is 6.23. The highest BCUT2D eigenvalue weighted by atomic mass is 32.1. The number of hydrogen-bond acceptors (Lipinski definition) is 6. The number of anilines is 2. The van der Waals surface area contributed by atoms with Crippen LogP contribution >= 0.6 is 11.5 Å².